The first kappa shape index (κ1) is 23.2. The number of carbonyl (C=O) groups excluding carboxylic acids is 3. The number of hydrogen-bond acceptors (Lipinski definition) is 7. The van der Waals surface area contributed by atoms with Gasteiger partial charge in [0.2, 0.25) is 0 Å². The molecule has 0 fully saturated rings. The van der Waals surface area contributed by atoms with Crippen LogP contribution in [0.25, 0.3) is 10.1 Å². The van der Waals surface area contributed by atoms with Crippen molar-refractivity contribution in [2.24, 2.45) is 0 Å². The molecule has 0 radical (unpaired) electrons. The van der Waals surface area contributed by atoms with Crippen LogP contribution in [-0.4, -0.2) is 30.9 Å². The molecule has 2 aromatic heterocycles. The van der Waals surface area contributed by atoms with Gasteiger partial charge in [-0.15, -0.1) is 22.7 Å². The number of ether oxygens (including phenoxy) is 1. The van der Waals surface area contributed by atoms with E-state index in [9.17, 15) is 19.6 Å². The van der Waals surface area contributed by atoms with E-state index in [-0.39, 0.29) is 0 Å². The number of hydrogen-bond donors (Lipinski definition) is 2. The molecule has 2 amide bonds. The minimum Gasteiger partial charge on any atom is -0.454 e. The lowest BCUT2D eigenvalue weighted by atomic mass is 10.1. The Balaban J connectivity index is 1.28. The molecule has 1 aromatic carbocycles. The highest BCUT2D eigenvalue weighted by Crippen LogP contribution is 2.37. The molecule has 0 spiro atoms. The molecule has 0 unspecified atom stereocenters. The average Bonchev–Trinajstić information content (AvgIpc) is 3.22. The molecule has 1 aliphatic carbocycles. The summed E-state index contributed by atoms with van der Waals surface area (Å²) in [6.45, 7) is -0.904. The highest BCUT2D eigenvalue weighted by molar-refractivity contribution is 7.21. The minimum atomic E-state index is -0.752. The number of esters is 1. The lowest BCUT2D eigenvalue weighted by Gasteiger charge is -2.07. The predicted molar refractivity (Wildman–Crippen MR) is 129 cm³/mol. The van der Waals surface area contributed by atoms with Gasteiger partial charge in [0, 0.05) is 15.0 Å². The Kier molecular flexibility index (Phi) is 7.28. The number of rotatable bonds is 6. The van der Waals surface area contributed by atoms with Crippen LogP contribution in [0.3, 0.4) is 0 Å². The molecular weight excluding hydrogens is 482 g/mol. The Bertz CT molecular complexity index is 1270. The summed E-state index contributed by atoms with van der Waals surface area (Å²) in [5.74, 6) is -1.77. The number of nitrogens with one attached hydrogen (secondary N) is 2. The molecule has 0 saturated heterocycles. The molecule has 1 aliphatic rings. The second kappa shape index (κ2) is 10.3. The van der Waals surface area contributed by atoms with Crippen molar-refractivity contribution in [1.29, 1.82) is 5.26 Å². The van der Waals surface area contributed by atoms with E-state index in [0.29, 0.717) is 20.5 Å². The van der Waals surface area contributed by atoms with E-state index in [0.717, 1.165) is 52.6 Å². The summed E-state index contributed by atoms with van der Waals surface area (Å²) < 4.78 is 5.84. The molecular formula is C23H20ClN3O4S2. The van der Waals surface area contributed by atoms with Crippen molar-refractivity contribution in [2.75, 3.05) is 18.5 Å². The summed E-state index contributed by atoms with van der Waals surface area (Å²) in [5.41, 5.74) is 1.53. The summed E-state index contributed by atoms with van der Waals surface area (Å²) in [6.07, 6.45) is 4.98. The minimum absolute atomic E-state index is 0.310. The number of thiophene rings is 2. The Labute approximate surface area is 203 Å². The molecule has 0 atom stereocenters. The number of halogens is 1. The van der Waals surface area contributed by atoms with Gasteiger partial charge < -0.3 is 15.4 Å². The monoisotopic (exact) mass is 501 g/mol. The van der Waals surface area contributed by atoms with Gasteiger partial charge in [-0.05, 0) is 37.3 Å². The van der Waals surface area contributed by atoms with Crippen LogP contribution < -0.4 is 10.6 Å². The maximum absolute atomic E-state index is 12.4. The van der Waals surface area contributed by atoms with Crippen molar-refractivity contribution in [3.8, 4) is 6.07 Å². The topological polar surface area (TPSA) is 108 Å². The van der Waals surface area contributed by atoms with Crippen molar-refractivity contribution in [3.63, 3.8) is 0 Å². The van der Waals surface area contributed by atoms with Gasteiger partial charge in [0.05, 0.1) is 10.6 Å². The van der Waals surface area contributed by atoms with E-state index < -0.39 is 30.9 Å². The third kappa shape index (κ3) is 5.19. The lowest BCUT2D eigenvalue weighted by molar-refractivity contribution is -0.146. The highest BCUT2D eigenvalue weighted by atomic mass is 35.5. The predicted octanol–water partition coefficient (Wildman–Crippen LogP) is 4.67. The van der Waals surface area contributed by atoms with Crippen LogP contribution in [0, 0.1) is 11.3 Å². The standard InChI is InChI=1S/C23H20ClN3O4S2/c24-20-14-7-4-5-9-17(14)32-21(20)22(30)26-11-19(29)31-12-18(28)27-23-15(10-25)13-6-2-1-3-8-16(13)33-23/h4-5,7,9H,1-3,6,8,11-12H2,(H,26,30)(H,27,28). The summed E-state index contributed by atoms with van der Waals surface area (Å²) in [6, 6.07) is 9.56. The van der Waals surface area contributed by atoms with Crippen LogP contribution in [-0.2, 0) is 27.2 Å². The first-order chi connectivity index (χ1) is 16.0. The molecule has 7 nitrogen and oxygen atoms in total. The van der Waals surface area contributed by atoms with Crippen LogP contribution in [0.4, 0.5) is 5.00 Å². The van der Waals surface area contributed by atoms with E-state index in [1.165, 1.54) is 22.7 Å². The molecule has 2 heterocycles. The molecule has 0 bridgehead atoms. The highest BCUT2D eigenvalue weighted by Gasteiger charge is 2.22. The zero-order chi connectivity index (χ0) is 23.4. The van der Waals surface area contributed by atoms with Crippen molar-refractivity contribution < 1.29 is 19.1 Å². The number of aryl methyl sites for hydroxylation is 1. The molecule has 0 aliphatic heterocycles. The average molecular weight is 502 g/mol. The number of fused-ring (bicyclic) bond motifs is 2. The molecule has 2 N–H and O–H groups in total. The fourth-order valence-corrected chi connectivity index (χ4v) is 6.39. The van der Waals surface area contributed by atoms with Gasteiger partial charge in [-0.25, -0.2) is 0 Å². The van der Waals surface area contributed by atoms with Gasteiger partial charge in [-0.3, -0.25) is 14.4 Å². The van der Waals surface area contributed by atoms with Crippen molar-refractivity contribution in [2.45, 2.75) is 32.1 Å². The van der Waals surface area contributed by atoms with Gasteiger partial charge in [0.25, 0.3) is 11.8 Å². The number of benzene rings is 1. The maximum atomic E-state index is 12.4. The first-order valence-electron chi connectivity index (χ1n) is 10.4. The molecule has 4 rings (SSSR count). The largest absolute Gasteiger partial charge is 0.454 e. The summed E-state index contributed by atoms with van der Waals surface area (Å²) >= 11 is 8.92. The SMILES string of the molecule is N#Cc1c(NC(=O)COC(=O)CNC(=O)c2sc3ccccc3c2Cl)sc2c1CCCCC2. The van der Waals surface area contributed by atoms with Crippen molar-refractivity contribution in [1.82, 2.24) is 5.32 Å². The van der Waals surface area contributed by atoms with E-state index in [2.05, 4.69) is 16.7 Å². The maximum Gasteiger partial charge on any atom is 0.325 e. The Hall–Kier alpha value is -2.93. The van der Waals surface area contributed by atoms with E-state index in [1.54, 1.807) is 0 Å². The molecule has 3 aromatic rings. The zero-order valence-corrected chi connectivity index (χ0v) is 19.9. The number of anilines is 1. The van der Waals surface area contributed by atoms with E-state index in [1.807, 2.05) is 24.3 Å². The second-order valence-electron chi connectivity index (χ2n) is 7.51. The van der Waals surface area contributed by atoms with Crippen LogP contribution >= 0.6 is 34.3 Å². The van der Waals surface area contributed by atoms with Gasteiger partial charge in [-0.1, -0.05) is 36.2 Å². The number of nitriles is 1. The number of amides is 2. The number of nitrogens with zero attached hydrogens (tertiary/aromatic N) is 1. The third-order valence-corrected chi connectivity index (χ3v) is 8.17. The van der Waals surface area contributed by atoms with E-state index >= 15 is 0 Å². The molecule has 10 heteroatoms. The van der Waals surface area contributed by atoms with Gasteiger partial charge in [-0.2, -0.15) is 5.26 Å². The Morgan fingerprint density at radius 1 is 1.12 bits per heavy atom. The second-order valence-corrected chi connectivity index (χ2v) is 10.0. The normalized spacial score (nSPS) is 13.0. The van der Waals surface area contributed by atoms with Gasteiger partial charge in [0.1, 0.15) is 22.5 Å². The smallest absolute Gasteiger partial charge is 0.325 e. The summed E-state index contributed by atoms with van der Waals surface area (Å²) in [7, 11) is 0. The van der Waals surface area contributed by atoms with Crippen molar-refractivity contribution >= 4 is 67.1 Å². The van der Waals surface area contributed by atoms with Crippen LogP contribution in [0.5, 0.6) is 0 Å². The van der Waals surface area contributed by atoms with Gasteiger partial charge >= 0.3 is 5.97 Å². The molecule has 170 valence electrons. The molecule has 0 saturated carbocycles. The lowest BCUT2D eigenvalue weighted by Crippen LogP contribution is -2.32. The third-order valence-electron chi connectivity index (χ3n) is 5.28. The van der Waals surface area contributed by atoms with Crippen molar-refractivity contribution in [3.05, 3.63) is 50.2 Å². The van der Waals surface area contributed by atoms with E-state index in [4.69, 9.17) is 16.3 Å². The summed E-state index contributed by atoms with van der Waals surface area (Å²) in [5, 5.41) is 16.3. The Morgan fingerprint density at radius 2 is 1.91 bits per heavy atom. The van der Waals surface area contributed by atoms with Crippen LogP contribution in [0.15, 0.2) is 24.3 Å². The molecule has 33 heavy (non-hydrogen) atoms. The van der Waals surface area contributed by atoms with Crippen LogP contribution in [0.1, 0.15) is 44.9 Å². The van der Waals surface area contributed by atoms with Gasteiger partial charge in [0.15, 0.2) is 6.61 Å². The quantitative estimate of drug-likeness (QED) is 0.377. The fraction of sp³-hybridized carbons (Fsp3) is 0.304. The van der Waals surface area contributed by atoms with Crippen LogP contribution in [0.2, 0.25) is 5.02 Å². The first-order valence-corrected chi connectivity index (χ1v) is 12.4. The fourth-order valence-electron chi connectivity index (χ4n) is 3.70. The number of carbonyl (C=O) groups is 3. The zero-order valence-electron chi connectivity index (χ0n) is 17.5. The Morgan fingerprint density at radius 3 is 2.70 bits per heavy atom. The summed E-state index contributed by atoms with van der Waals surface area (Å²) in [4.78, 5) is 38.1.